The number of ether oxygens (including phenoxy) is 1. The summed E-state index contributed by atoms with van der Waals surface area (Å²) in [6.07, 6.45) is 11.7. The van der Waals surface area contributed by atoms with E-state index in [-0.39, 0.29) is 6.61 Å². The lowest BCUT2D eigenvalue weighted by atomic mass is 9.72. The van der Waals surface area contributed by atoms with Crippen molar-refractivity contribution in [2.24, 2.45) is 17.8 Å². The van der Waals surface area contributed by atoms with Crippen LogP contribution in [0.4, 0.5) is 4.39 Å². The van der Waals surface area contributed by atoms with Crippen molar-refractivity contribution in [3.05, 3.63) is 30.3 Å². The Morgan fingerprint density at radius 1 is 1.04 bits per heavy atom. The molecule has 25 heavy (non-hydrogen) atoms. The van der Waals surface area contributed by atoms with Gasteiger partial charge in [0.1, 0.15) is 18.5 Å². The van der Waals surface area contributed by atoms with Gasteiger partial charge in [-0.25, -0.2) is 4.39 Å². The van der Waals surface area contributed by atoms with Gasteiger partial charge in [-0.3, -0.25) is 0 Å². The highest BCUT2D eigenvalue weighted by atomic mass is 19.1. The van der Waals surface area contributed by atoms with Crippen molar-refractivity contribution in [2.45, 2.75) is 84.2 Å². The Bertz CT molecular complexity index is 439. The van der Waals surface area contributed by atoms with Gasteiger partial charge in [-0.15, -0.1) is 0 Å². The Labute approximate surface area is 154 Å². The summed E-state index contributed by atoms with van der Waals surface area (Å²) in [5.41, 5.74) is 0. The Kier molecular flexibility index (Phi) is 9.36. The van der Waals surface area contributed by atoms with E-state index in [1.165, 1.54) is 51.4 Å². The molecule has 1 aliphatic rings. The molecule has 0 amide bonds. The molecular weight excluding hydrogens is 311 g/mol. The second kappa shape index (κ2) is 11.5. The van der Waals surface area contributed by atoms with Gasteiger partial charge in [-0.05, 0) is 49.1 Å². The molecule has 1 aliphatic carbocycles. The van der Waals surface area contributed by atoms with Crippen LogP contribution < -0.4 is 4.74 Å². The normalized spacial score (nSPS) is 23.2. The minimum Gasteiger partial charge on any atom is -0.491 e. The Balaban J connectivity index is 1.69. The molecule has 2 atom stereocenters. The lowest BCUT2D eigenvalue weighted by Gasteiger charge is -2.34. The molecule has 0 aromatic heterocycles. The molecule has 0 radical (unpaired) electrons. The lowest BCUT2D eigenvalue weighted by Crippen LogP contribution is -2.26. The molecule has 0 saturated heterocycles. The van der Waals surface area contributed by atoms with Gasteiger partial charge in [-0.2, -0.15) is 0 Å². The van der Waals surface area contributed by atoms with Crippen molar-refractivity contribution >= 4 is 0 Å². The second-order valence-electron chi connectivity index (χ2n) is 7.90. The molecule has 1 fully saturated rings. The zero-order valence-electron chi connectivity index (χ0n) is 16.3. The predicted octanol–water partition coefficient (Wildman–Crippen LogP) is 7.21. The van der Waals surface area contributed by atoms with Crippen LogP contribution >= 0.6 is 0 Å². The maximum absolute atomic E-state index is 14.4. The molecule has 0 spiro atoms. The van der Waals surface area contributed by atoms with Crippen molar-refractivity contribution < 1.29 is 9.13 Å². The third-order valence-corrected chi connectivity index (χ3v) is 6.03. The molecule has 1 aromatic rings. The first-order chi connectivity index (χ1) is 12.2. The van der Waals surface area contributed by atoms with E-state index in [2.05, 4.69) is 13.8 Å². The van der Waals surface area contributed by atoms with Gasteiger partial charge >= 0.3 is 0 Å². The first-order valence-corrected chi connectivity index (χ1v) is 10.5. The third-order valence-electron chi connectivity index (χ3n) is 6.03. The SMILES string of the molecule is CCCCC[C@H]1CC[C@H](C(CC)CC(F)COc2ccccc2)CC1. The highest BCUT2D eigenvalue weighted by Gasteiger charge is 2.28. The van der Waals surface area contributed by atoms with E-state index < -0.39 is 6.17 Å². The van der Waals surface area contributed by atoms with Gasteiger partial charge in [-0.1, -0.05) is 77.0 Å². The number of halogens is 1. The molecule has 142 valence electrons. The van der Waals surface area contributed by atoms with Gasteiger partial charge in [0.15, 0.2) is 0 Å². The van der Waals surface area contributed by atoms with E-state index in [4.69, 9.17) is 4.74 Å². The summed E-state index contributed by atoms with van der Waals surface area (Å²) in [6.45, 7) is 4.69. The highest BCUT2D eigenvalue weighted by Crippen LogP contribution is 2.38. The molecule has 0 aliphatic heterocycles. The molecule has 1 nitrogen and oxygen atoms in total. The second-order valence-corrected chi connectivity index (χ2v) is 7.90. The average Bonchev–Trinajstić information content (AvgIpc) is 2.66. The van der Waals surface area contributed by atoms with Crippen LogP contribution in [-0.2, 0) is 0 Å². The topological polar surface area (TPSA) is 9.23 Å². The van der Waals surface area contributed by atoms with E-state index in [0.717, 1.165) is 24.0 Å². The quantitative estimate of drug-likeness (QED) is 0.384. The van der Waals surface area contributed by atoms with Crippen LogP contribution in [0.2, 0.25) is 0 Å². The van der Waals surface area contributed by atoms with Gasteiger partial charge in [0.25, 0.3) is 0 Å². The molecule has 0 heterocycles. The molecule has 2 heteroatoms. The zero-order valence-corrected chi connectivity index (χ0v) is 16.3. The van der Waals surface area contributed by atoms with Crippen LogP contribution in [0.25, 0.3) is 0 Å². The fraction of sp³-hybridized carbons (Fsp3) is 0.739. The highest BCUT2D eigenvalue weighted by molar-refractivity contribution is 5.20. The Morgan fingerprint density at radius 3 is 2.40 bits per heavy atom. The third kappa shape index (κ3) is 7.38. The van der Waals surface area contributed by atoms with Crippen molar-refractivity contribution in [2.75, 3.05) is 6.61 Å². The number of hydrogen-bond donors (Lipinski definition) is 0. The maximum atomic E-state index is 14.4. The van der Waals surface area contributed by atoms with Crippen LogP contribution in [0.1, 0.15) is 78.1 Å². The summed E-state index contributed by atoms with van der Waals surface area (Å²) in [4.78, 5) is 0. The number of rotatable bonds is 11. The maximum Gasteiger partial charge on any atom is 0.134 e. The van der Waals surface area contributed by atoms with Crippen molar-refractivity contribution in [3.63, 3.8) is 0 Å². The summed E-state index contributed by atoms with van der Waals surface area (Å²) in [5.74, 6) is 2.95. The smallest absolute Gasteiger partial charge is 0.134 e. The Morgan fingerprint density at radius 2 is 1.76 bits per heavy atom. The van der Waals surface area contributed by atoms with E-state index >= 15 is 0 Å². The molecule has 2 unspecified atom stereocenters. The molecule has 1 aromatic carbocycles. The standard InChI is InChI=1S/C23H37FO/c1-3-5-7-10-19-13-15-21(16-14-19)20(4-2)17-22(24)18-25-23-11-8-6-9-12-23/h6,8-9,11-12,19-22H,3-5,7,10,13-18H2,1-2H3/t19-,20?,21-,22?. The fourth-order valence-electron chi connectivity index (χ4n) is 4.42. The number of alkyl halides is 1. The molecule has 0 bridgehead atoms. The summed E-state index contributed by atoms with van der Waals surface area (Å²) in [6, 6.07) is 9.59. The monoisotopic (exact) mass is 348 g/mol. The van der Waals surface area contributed by atoms with Crippen molar-refractivity contribution in [1.29, 1.82) is 0 Å². The van der Waals surface area contributed by atoms with Crippen LogP contribution in [0.15, 0.2) is 30.3 Å². The fourth-order valence-corrected chi connectivity index (χ4v) is 4.42. The van der Waals surface area contributed by atoms with Crippen molar-refractivity contribution in [3.8, 4) is 5.75 Å². The summed E-state index contributed by atoms with van der Waals surface area (Å²) in [7, 11) is 0. The number of para-hydroxylation sites is 1. The van der Waals surface area contributed by atoms with Crippen LogP contribution in [-0.4, -0.2) is 12.8 Å². The number of benzene rings is 1. The van der Waals surface area contributed by atoms with E-state index in [9.17, 15) is 4.39 Å². The summed E-state index contributed by atoms with van der Waals surface area (Å²) < 4.78 is 20.0. The first kappa shape index (κ1) is 20.3. The van der Waals surface area contributed by atoms with Gasteiger partial charge < -0.3 is 4.74 Å². The van der Waals surface area contributed by atoms with Crippen molar-refractivity contribution in [1.82, 2.24) is 0 Å². The summed E-state index contributed by atoms with van der Waals surface area (Å²) >= 11 is 0. The van der Waals surface area contributed by atoms with E-state index in [1.807, 2.05) is 30.3 Å². The number of unbranched alkanes of at least 4 members (excludes halogenated alkanes) is 2. The van der Waals surface area contributed by atoms with E-state index in [0.29, 0.717) is 12.3 Å². The molecule has 1 saturated carbocycles. The predicted molar refractivity (Wildman–Crippen MR) is 105 cm³/mol. The van der Waals surface area contributed by atoms with E-state index in [1.54, 1.807) is 0 Å². The van der Waals surface area contributed by atoms with Gasteiger partial charge in [0.2, 0.25) is 0 Å². The molecule has 0 N–H and O–H groups in total. The Hall–Kier alpha value is -1.05. The first-order valence-electron chi connectivity index (χ1n) is 10.5. The minimum absolute atomic E-state index is 0.187. The zero-order chi connectivity index (χ0) is 17.9. The molecular formula is C23H37FO. The van der Waals surface area contributed by atoms with Crippen LogP contribution in [0.5, 0.6) is 5.75 Å². The molecule has 2 rings (SSSR count). The average molecular weight is 349 g/mol. The van der Waals surface area contributed by atoms with Gasteiger partial charge in [0, 0.05) is 0 Å². The summed E-state index contributed by atoms with van der Waals surface area (Å²) in [5, 5.41) is 0. The number of hydrogen-bond acceptors (Lipinski definition) is 1. The van der Waals surface area contributed by atoms with Gasteiger partial charge in [0.05, 0.1) is 0 Å². The lowest BCUT2D eigenvalue weighted by molar-refractivity contribution is 0.122. The largest absolute Gasteiger partial charge is 0.491 e. The van der Waals surface area contributed by atoms with Crippen LogP contribution in [0, 0.1) is 17.8 Å². The minimum atomic E-state index is -0.854. The van der Waals surface area contributed by atoms with Crippen LogP contribution in [0.3, 0.4) is 0 Å².